The Labute approximate surface area is 96.1 Å². The Morgan fingerprint density at radius 2 is 2.13 bits per heavy atom. The fraction of sp³-hybridized carbons (Fsp3) is 0.571. The second-order valence-corrected chi connectivity index (χ2v) is 6.80. The van der Waals surface area contributed by atoms with Gasteiger partial charge in [0.15, 0.2) is 9.34 Å². The molecule has 2 heterocycles. The number of ether oxygens (including phenoxy) is 1. The van der Waals surface area contributed by atoms with Crippen LogP contribution in [0.2, 0.25) is 0 Å². The van der Waals surface area contributed by atoms with Gasteiger partial charge >= 0.3 is 0 Å². The van der Waals surface area contributed by atoms with Crippen molar-refractivity contribution in [1.29, 1.82) is 0 Å². The first kappa shape index (κ1) is 11.1. The molecule has 1 fully saturated rings. The average Bonchev–Trinajstić information content (AvgIpc) is 2.67. The summed E-state index contributed by atoms with van der Waals surface area (Å²) in [6.45, 7) is 2.75. The molecule has 0 aromatic carbocycles. The fourth-order valence-corrected chi connectivity index (χ4v) is 3.17. The Morgan fingerprint density at radius 1 is 1.47 bits per heavy atom. The minimum absolute atomic E-state index is 0.0886. The van der Waals surface area contributed by atoms with Gasteiger partial charge < -0.3 is 9.64 Å². The van der Waals surface area contributed by atoms with Gasteiger partial charge in [-0.3, -0.25) is 0 Å². The van der Waals surface area contributed by atoms with Gasteiger partial charge in [-0.25, -0.2) is 13.4 Å². The van der Waals surface area contributed by atoms with Gasteiger partial charge in [-0.05, 0) is 0 Å². The summed E-state index contributed by atoms with van der Waals surface area (Å²) in [5, 5.41) is 0.678. The van der Waals surface area contributed by atoms with Crippen LogP contribution in [0.4, 0.5) is 5.13 Å². The quantitative estimate of drug-likeness (QED) is 0.746. The minimum Gasteiger partial charge on any atom is -0.378 e. The first-order valence-electron chi connectivity index (χ1n) is 4.30. The molecule has 0 atom stereocenters. The highest BCUT2D eigenvalue weighted by molar-refractivity contribution is 8.15. The van der Waals surface area contributed by atoms with E-state index in [1.54, 1.807) is 0 Å². The third-order valence-electron chi connectivity index (χ3n) is 1.99. The van der Waals surface area contributed by atoms with E-state index < -0.39 is 9.05 Å². The van der Waals surface area contributed by atoms with Crippen molar-refractivity contribution in [2.24, 2.45) is 0 Å². The van der Waals surface area contributed by atoms with Crippen LogP contribution in [-0.2, 0) is 13.8 Å². The van der Waals surface area contributed by atoms with E-state index in [1.807, 2.05) is 4.90 Å². The van der Waals surface area contributed by atoms with Crippen LogP contribution in [0, 0.1) is 0 Å². The number of aromatic nitrogens is 1. The van der Waals surface area contributed by atoms with Crippen molar-refractivity contribution in [3.05, 3.63) is 6.20 Å². The van der Waals surface area contributed by atoms with Crippen LogP contribution in [0.3, 0.4) is 0 Å². The number of hydrogen-bond acceptors (Lipinski definition) is 6. The van der Waals surface area contributed by atoms with Crippen molar-refractivity contribution in [3.8, 4) is 0 Å². The van der Waals surface area contributed by atoms with Crippen molar-refractivity contribution in [2.45, 2.75) is 4.21 Å². The van der Waals surface area contributed by atoms with Gasteiger partial charge in [0.1, 0.15) is 0 Å². The van der Waals surface area contributed by atoms with E-state index in [4.69, 9.17) is 15.4 Å². The second-order valence-electron chi connectivity index (χ2n) is 3.00. The minimum atomic E-state index is -3.65. The van der Waals surface area contributed by atoms with Crippen LogP contribution in [0.1, 0.15) is 0 Å². The van der Waals surface area contributed by atoms with E-state index >= 15 is 0 Å². The van der Waals surface area contributed by atoms with Crippen molar-refractivity contribution in [2.75, 3.05) is 31.2 Å². The molecule has 1 aliphatic rings. The number of halogens is 1. The van der Waals surface area contributed by atoms with Gasteiger partial charge in [-0.15, -0.1) is 0 Å². The molecular weight excluding hydrogens is 260 g/mol. The third-order valence-corrected chi connectivity index (χ3v) is 5.11. The summed E-state index contributed by atoms with van der Waals surface area (Å²) in [5.74, 6) is 0. The molecule has 0 bridgehead atoms. The van der Waals surface area contributed by atoms with Crippen LogP contribution >= 0.6 is 22.0 Å². The first-order chi connectivity index (χ1) is 7.07. The van der Waals surface area contributed by atoms with Gasteiger partial charge in [-0.2, -0.15) is 0 Å². The lowest BCUT2D eigenvalue weighted by Crippen LogP contribution is -2.36. The van der Waals surface area contributed by atoms with Crippen LogP contribution < -0.4 is 4.90 Å². The number of hydrogen-bond donors (Lipinski definition) is 0. The molecule has 0 N–H and O–H groups in total. The summed E-state index contributed by atoms with van der Waals surface area (Å²) in [4.78, 5) is 6.02. The highest BCUT2D eigenvalue weighted by Crippen LogP contribution is 2.28. The maximum absolute atomic E-state index is 11.0. The molecule has 0 saturated carbocycles. The monoisotopic (exact) mass is 268 g/mol. The summed E-state index contributed by atoms with van der Waals surface area (Å²) in [6, 6.07) is 0. The molecule has 0 unspecified atom stereocenters. The van der Waals surface area contributed by atoms with Crippen molar-refractivity contribution < 1.29 is 13.2 Å². The van der Waals surface area contributed by atoms with Crippen LogP contribution in [0.15, 0.2) is 10.4 Å². The number of anilines is 1. The molecule has 0 spiro atoms. The van der Waals surface area contributed by atoms with Gasteiger partial charge in [0.25, 0.3) is 9.05 Å². The molecule has 0 amide bonds. The first-order valence-corrected chi connectivity index (χ1v) is 7.43. The molecule has 1 aromatic heterocycles. The molecule has 84 valence electrons. The molecule has 5 nitrogen and oxygen atoms in total. The lowest BCUT2D eigenvalue weighted by Gasteiger charge is -2.25. The lowest BCUT2D eigenvalue weighted by molar-refractivity contribution is 0.122. The fourth-order valence-electron chi connectivity index (χ4n) is 1.26. The van der Waals surface area contributed by atoms with Crippen molar-refractivity contribution in [1.82, 2.24) is 4.98 Å². The van der Waals surface area contributed by atoms with E-state index in [1.165, 1.54) is 6.20 Å². The number of morpholine rings is 1. The number of thiazole rings is 1. The Hall–Kier alpha value is -0.370. The smallest absolute Gasteiger partial charge is 0.272 e. The maximum atomic E-state index is 11.0. The highest BCUT2D eigenvalue weighted by atomic mass is 35.7. The number of rotatable bonds is 2. The summed E-state index contributed by atoms with van der Waals surface area (Å²) in [5.41, 5.74) is 0. The average molecular weight is 269 g/mol. The van der Waals surface area contributed by atoms with Crippen LogP contribution in [0.25, 0.3) is 0 Å². The van der Waals surface area contributed by atoms with E-state index in [-0.39, 0.29) is 4.21 Å². The van der Waals surface area contributed by atoms with Gasteiger partial charge in [0, 0.05) is 23.8 Å². The Balaban J connectivity index is 2.19. The van der Waals surface area contributed by atoms with E-state index in [0.29, 0.717) is 18.3 Å². The zero-order valence-corrected chi connectivity index (χ0v) is 10.1. The van der Waals surface area contributed by atoms with Crippen LogP contribution in [-0.4, -0.2) is 39.7 Å². The normalized spacial score (nSPS) is 18.1. The molecule has 0 aliphatic carbocycles. The molecular formula is C7H9ClN2O3S2. The third kappa shape index (κ3) is 2.60. The summed E-state index contributed by atoms with van der Waals surface area (Å²) in [6.07, 6.45) is 1.29. The summed E-state index contributed by atoms with van der Waals surface area (Å²) < 4.78 is 27.3. The molecule has 8 heteroatoms. The Bertz CT molecular complexity index is 439. The topological polar surface area (TPSA) is 59.5 Å². The standard InChI is InChI=1S/C7H9ClN2O3S2/c8-15(11,12)6-5-9-7(14-6)10-1-3-13-4-2-10/h5H,1-4H2. The molecule has 1 saturated heterocycles. The summed E-state index contributed by atoms with van der Waals surface area (Å²) >= 11 is 1.09. The van der Waals surface area contributed by atoms with E-state index in [0.717, 1.165) is 24.4 Å². The molecule has 0 radical (unpaired) electrons. The Kier molecular flexibility index (Phi) is 3.15. The van der Waals surface area contributed by atoms with Gasteiger partial charge in [0.05, 0.1) is 19.4 Å². The van der Waals surface area contributed by atoms with Gasteiger partial charge in [-0.1, -0.05) is 11.3 Å². The predicted octanol–water partition coefficient (Wildman–Crippen LogP) is 0.907. The predicted molar refractivity (Wildman–Crippen MR) is 58.2 cm³/mol. The van der Waals surface area contributed by atoms with Crippen molar-refractivity contribution >= 4 is 36.2 Å². The molecule has 1 aromatic rings. The second kappa shape index (κ2) is 4.25. The molecule has 15 heavy (non-hydrogen) atoms. The van der Waals surface area contributed by atoms with E-state index in [2.05, 4.69) is 4.98 Å². The largest absolute Gasteiger partial charge is 0.378 e. The van der Waals surface area contributed by atoms with Gasteiger partial charge in [0.2, 0.25) is 0 Å². The SMILES string of the molecule is O=S(=O)(Cl)c1cnc(N2CCOCC2)s1. The van der Waals surface area contributed by atoms with Crippen LogP contribution in [0.5, 0.6) is 0 Å². The lowest BCUT2D eigenvalue weighted by atomic mass is 10.5. The number of nitrogens with zero attached hydrogens (tertiary/aromatic N) is 2. The zero-order valence-electron chi connectivity index (χ0n) is 7.72. The highest BCUT2D eigenvalue weighted by Gasteiger charge is 2.19. The maximum Gasteiger partial charge on any atom is 0.272 e. The van der Waals surface area contributed by atoms with E-state index in [9.17, 15) is 8.42 Å². The zero-order chi connectivity index (χ0) is 10.9. The van der Waals surface area contributed by atoms with Crippen molar-refractivity contribution in [3.63, 3.8) is 0 Å². The molecule has 2 rings (SSSR count). The molecule has 1 aliphatic heterocycles. The Morgan fingerprint density at radius 3 is 2.67 bits per heavy atom. The summed E-state index contributed by atoms with van der Waals surface area (Å²) in [7, 11) is 1.56.